The fourth-order valence-electron chi connectivity index (χ4n) is 1.79. The minimum absolute atomic E-state index is 0.0292. The standard InChI is InChI=1S/C11H12O5/c1-11(5-12)4-7-8(13)2-6(10(14)15)3-9(7)16-11/h2-3,12-13H,4-5H2,1H3,(H,14,15). The number of carboxylic acid groups (broad SMARTS) is 1. The number of rotatable bonds is 2. The van der Waals surface area contributed by atoms with Crippen LogP contribution in [0.25, 0.3) is 0 Å². The van der Waals surface area contributed by atoms with Crippen LogP contribution in [0.4, 0.5) is 0 Å². The van der Waals surface area contributed by atoms with Gasteiger partial charge in [-0.25, -0.2) is 4.79 Å². The topological polar surface area (TPSA) is 87.0 Å². The molecule has 0 radical (unpaired) electrons. The van der Waals surface area contributed by atoms with E-state index < -0.39 is 11.6 Å². The maximum Gasteiger partial charge on any atom is 0.335 e. The molecule has 1 aliphatic heterocycles. The van der Waals surface area contributed by atoms with Crippen molar-refractivity contribution >= 4 is 5.97 Å². The summed E-state index contributed by atoms with van der Waals surface area (Å²) >= 11 is 0. The third-order valence-corrected chi connectivity index (χ3v) is 2.67. The molecule has 1 heterocycles. The molecular formula is C11H12O5. The van der Waals surface area contributed by atoms with E-state index >= 15 is 0 Å². The Labute approximate surface area is 91.9 Å². The zero-order chi connectivity index (χ0) is 11.9. The molecule has 0 bridgehead atoms. The molecule has 1 aromatic rings. The summed E-state index contributed by atoms with van der Waals surface area (Å²) in [5.41, 5.74) is -0.267. The van der Waals surface area contributed by atoms with Crippen LogP contribution < -0.4 is 4.74 Å². The molecule has 3 N–H and O–H groups in total. The van der Waals surface area contributed by atoms with Gasteiger partial charge in [-0.3, -0.25) is 0 Å². The number of hydrogen-bond acceptors (Lipinski definition) is 4. The van der Waals surface area contributed by atoms with Crippen LogP contribution in [0, 0.1) is 0 Å². The van der Waals surface area contributed by atoms with Crippen LogP contribution in [0.5, 0.6) is 11.5 Å². The Hall–Kier alpha value is -1.75. The maximum atomic E-state index is 10.8. The van der Waals surface area contributed by atoms with Crippen molar-refractivity contribution in [2.45, 2.75) is 18.9 Å². The minimum atomic E-state index is -1.13. The van der Waals surface area contributed by atoms with E-state index in [2.05, 4.69) is 0 Å². The third kappa shape index (κ3) is 1.59. The fraction of sp³-hybridized carbons (Fsp3) is 0.364. The van der Waals surface area contributed by atoms with E-state index in [1.54, 1.807) is 6.92 Å². The number of aromatic carboxylic acids is 1. The second kappa shape index (κ2) is 3.38. The molecule has 1 aromatic carbocycles. The number of aliphatic hydroxyl groups is 1. The number of hydrogen-bond donors (Lipinski definition) is 3. The van der Waals surface area contributed by atoms with Gasteiger partial charge < -0.3 is 20.1 Å². The first-order valence-corrected chi connectivity index (χ1v) is 4.84. The molecule has 0 aromatic heterocycles. The Morgan fingerprint density at radius 3 is 2.81 bits per heavy atom. The second-order valence-corrected chi connectivity index (χ2v) is 4.16. The number of ether oxygens (including phenoxy) is 1. The summed E-state index contributed by atoms with van der Waals surface area (Å²) in [4.78, 5) is 10.8. The molecule has 1 atom stereocenters. The maximum absolute atomic E-state index is 10.8. The molecule has 86 valence electrons. The second-order valence-electron chi connectivity index (χ2n) is 4.16. The Morgan fingerprint density at radius 1 is 1.56 bits per heavy atom. The number of aromatic hydroxyl groups is 1. The fourth-order valence-corrected chi connectivity index (χ4v) is 1.79. The first-order chi connectivity index (χ1) is 7.45. The van der Waals surface area contributed by atoms with Crippen LogP contribution in [-0.2, 0) is 6.42 Å². The first kappa shape index (κ1) is 10.8. The van der Waals surface area contributed by atoms with E-state index in [1.807, 2.05) is 0 Å². The van der Waals surface area contributed by atoms with Gasteiger partial charge in [-0.2, -0.15) is 0 Å². The number of benzene rings is 1. The van der Waals surface area contributed by atoms with Crippen LogP contribution in [0.3, 0.4) is 0 Å². The van der Waals surface area contributed by atoms with Crippen molar-refractivity contribution in [1.29, 1.82) is 0 Å². The molecule has 0 amide bonds. The van der Waals surface area contributed by atoms with E-state index in [9.17, 15) is 9.90 Å². The molecule has 16 heavy (non-hydrogen) atoms. The Bertz CT molecular complexity index is 454. The quantitative estimate of drug-likeness (QED) is 0.690. The highest BCUT2D eigenvalue weighted by atomic mass is 16.5. The molecule has 0 saturated carbocycles. The summed E-state index contributed by atoms with van der Waals surface area (Å²) < 4.78 is 5.44. The number of phenols is 1. The van der Waals surface area contributed by atoms with Crippen molar-refractivity contribution in [2.75, 3.05) is 6.61 Å². The molecule has 5 heteroatoms. The minimum Gasteiger partial charge on any atom is -0.508 e. The van der Waals surface area contributed by atoms with E-state index in [0.29, 0.717) is 17.7 Å². The Balaban J connectivity index is 2.46. The molecule has 1 unspecified atom stereocenters. The average Bonchev–Trinajstić information content (AvgIpc) is 2.56. The largest absolute Gasteiger partial charge is 0.508 e. The zero-order valence-electron chi connectivity index (χ0n) is 8.73. The van der Waals surface area contributed by atoms with Crippen molar-refractivity contribution in [3.63, 3.8) is 0 Å². The number of phenolic OH excluding ortho intramolecular Hbond substituents is 1. The Morgan fingerprint density at radius 2 is 2.25 bits per heavy atom. The lowest BCUT2D eigenvalue weighted by atomic mass is 9.99. The first-order valence-electron chi connectivity index (χ1n) is 4.84. The van der Waals surface area contributed by atoms with Gasteiger partial charge in [0.25, 0.3) is 0 Å². The lowest BCUT2D eigenvalue weighted by Crippen LogP contribution is -2.34. The van der Waals surface area contributed by atoms with Crippen LogP contribution in [0.1, 0.15) is 22.8 Å². The number of carbonyl (C=O) groups is 1. The monoisotopic (exact) mass is 224 g/mol. The van der Waals surface area contributed by atoms with E-state index in [-0.39, 0.29) is 17.9 Å². The summed E-state index contributed by atoms with van der Waals surface area (Å²) in [6, 6.07) is 2.55. The smallest absolute Gasteiger partial charge is 0.335 e. The van der Waals surface area contributed by atoms with Gasteiger partial charge >= 0.3 is 5.97 Å². The molecule has 2 rings (SSSR count). The molecule has 0 spiro atoms. The van der Waals surface area contributed by atoms with Gasteiger partial charge in [-0.1, -0.05) is 0 Å². The van der Waals surface area contributed by atoms with Crippen LogP contribution >= 0.6 is 0 Å². The zero-order valence-corrected chi connectivity index (χ0v) is 8.73. The van der Waals surface area contributed by atoms with Gasteiger partial charge in [0, 0.05) is 12.0 Å². The normalized spacial score (nSPS) is 22.6. The van der Waals surface area contributed by atoms with Gasteiger partial charge in [-0.05, 0) is 19.1 Å². The molecule has 0 aliphatic carbocycles. The van der Waals surface area contributed by atoms with Gasteiger partial charge in [0.05, 0.1) is 12.2 Å². The molecule has 5 nitrogen and oxygen atoms in total. The number of fused-ring (bicyclic) bond motifs is 1. The van der Waals surface area contributed by atoms with Crippen LogP contribution in [-0.4, -0.2) is 33.5 Å². The van der Waals surface area contributed by atoms with E-state index in [4.69, 9.17) is 14.9 Å². The lowest BCUT2D eigenvalue weighted by molar-refractivity contribution is 0.0444. The van der Waals surface area contributed by atoms with Crippen molar-refractivity contribution < 1.29 is 24.9 Å². The van der Waals surface area contributed by atoms with Crippen molar-refractivity contribution in [2.24, 2.45) is 0 Å². The summed E-state index contributed by atoms with van der Waals surface area (Å²) in [6.07, 6.45) is 0.366. The highest BCUT2D eigenvalue weighted by molar-refractivity contribution is 5.89. The summed E-state index contributed by atoms with van der Waals surface area (Å²) in [5.74, 6) is -0.902. The number of carboxylic acids is 1. The van der Waals surface area contributed by atoms with Crippen molar-refractivity contribution in [3.05, 3.63) is 23.3 Å². The van der Waals surface area contributed by atoms with Gasteiger partial charge in [0.1, 0.15) is 17.1 Å². The molecule has 1 aliphatic rings. The van der Waals surface area contributed by atoms with Gasteiger partial charge in [-0.15, -0.1) is 0 Å². The van der Waals surface area contributed by atoms with Gasteiger partial charge in [0.2, 0.25) is 0 Å². The van der Waals surface area contributed by atoms with Crippen LogP contribution in [0.2, 0.25) is 0 Å². The van der Waals surface area contributed by atoms with E-state index in [1.165, 1.54) is 12.1 Å². The van der Waals surface area contributed by atoms with Crippen molar-refractivity contribution in [1.82, 2.24) is 0 Å². The molecule has 0 saturated heterocycles. The summed E-state index contributed by atoms with van der Waals surface area (Å²) in [5, 5.41) is 27.6. The average molecular weight is 224 g/mol. The SMILES string of the molecule is CC1(CO)Cc2c(O)cc(C(=O)O)cc2O1. The molecule has 0 fully saturated rings. The predicted molar refractivity (Wildman–Crippen MR) is 54.9 cm³/mol. The highest BCUT2D eigenvalue weighted by Crippen LogP contribution is 2.40. The highest BCUT2D eigenvalue weighted by Gasteiger charge is 2.36. The third-order valence-electron chi connectivity index (χ3n) is 2.67. The van der Waals surface area contributed by atoms with Crippen LogP contribution in [0.15, 0.2) is 12.1 Å². The van der Waals surface area contributed by atoms with Crippen molar-refractivity contribution in [3.8, 4) is 11.5 Å². The summed E-state index contributed by atoms with van der Waals surface area (Å²) in [6.45, 7) is 1.51. The molecular weight excluding hydrogens is 212 g/mol. The van der Waals surface area contributed by atoms with E-state index in [0.717, 1.165) is 0 Å². The lowest BCUT2D eigenvalue weighted by Gasteiger charge is -2.20. The summed E-state index contributed by atoms with van der Waals surface area (Å²) in [7, 11) is 0. The Kier molecular flexibility index (Phi) is 2.27. The number of aliphatic hydroxyl groups excluding tert-OH is 1. The van der Waals surface area contributed by atoms with Gasteiger partial charge in [0.15, 0.2) is 0 Å². The predicted octanol–water partition coefficient (Wildman–Crippen LogP) is 0.776.